The van der Waals surface area contributed by atoms with Crippen LogP contribution in [0.5, 0.6) is 0 Å². The van der Waals surface area contributed by atoms with E-state index >= 15 is 0 Å². The fraction of sp³-hybridized carbons (Fsp3) is 0.909. The number of hydrogen-bond acceptors (Lipinski definition) is 3. The third kappa shape index (κ3) is 1.92. The van der Waals surface area contributed by atoms with E-state index < -0.39 is 0 Å². The van der Waals surface area contributed by atoms with Crippen LogP contribution in [-0.2, 0) is 9.53 Å². The zero-order valence-corrected chi connectivity index (χ0v) is 8.79. The van der Waals surface area contributed by atoms with Crippen molar-refractivity contribution in [2.75, 3.05) is 13.7 Å². The van der Waals surface area contributed by atoms with Gasteiger partial charge in [0.1, 0.15) is 0 Å². The summed E-state index contributed by atoms with van der Waals surface area (Å²) >= 11 is 0. The molecule has 0 aromatic carbocycles. The minimum absolute atomic E-state index is 0.147. The van der Waals surface area contributed by atoms with Crippen LogP contribution in [0, 0.1) is 11.8 Å². The van der Waals surface area contributed by atoms with Gasteiger partial charge in [-0.2, -0.15) is 0 Å². The lowest BCUT2D eigenvalue weighted by Crippen LogP contribution is -2.36. The van der Waals surface area contributed by atoms with Gasteiger partial charge in [-0.15, -0.1) is 0 Å². The summed E-state index contributed by atoms with van der Waals surface area (Å²) in [6, 6.07) is 0.571. The highest BCUT2D eigenvalue weighted by atomic mass is 16.5. The van der Waals surface area contributed by atoms with Gasteiger partial charge in [0.05, 0.1) is 13.7 Å². The zero-order valence-electron chi connectivity index (χ0n) is 8.79. The minimum Gasteiger partial charge on any atom is -0.468 e. The number of carbonyl (C=O) groups excluding carboxylic acids is 1. The molecular weight excluding hydrogens is 178 g/mol. The summed E-state index contributed by atoms with van der Waals surface area (Å²) in [5.41, 5.74) is 0. The lowest BCUT2D eigenvalue weighted by molar-refractivity contribution is -0.139. The average molecular weight is 197 g/mol. The van der Waals surface area contributed by atoms with Crippen LogP contribution >= 0.6 is 0 Å². The Morgan fingerprint density at radius 1 is 1.36 bits per heavy atom. The van der Waals surface area contributed by atoms with Gasteiger partial charge in [0.25, 0.3) is 0 Å². The second-order valence-electron chi connectivity index (χ2n) is 4.50. The Morgan fingerprint density at radius 2 is 2.21 bits per heavy atom. The first kappa shape index (κ1) is 9.97. The maximum Gasteiger partial charge on any atom is 0.319 e. The molecule has 80 valence electrons. The van der Waals surface area contributed by atoms with E-state index in [1.807, 2.05) is 0 Å². The summed E-state index contributed by atoms with van der Waals surface area (Å²) in [5.74, 6) is 1.62. The zero-order chi connectivity index (χ0) is 9.97. The topological polar surface area (TPSA) is 38.3 Å². The molecule has 0 bridgehead atoms. The molecule has 3 heteroatoms. The molecule has 1 N–H and O–H groups in total. The number of methoxy groups -OCH3 is 1. The van der Waals surface area contributed by atoms with Crippen LogP contribution in [-0.4, -0.2) is 25.7 Å². The second-order valence-corrected chi connectivity index (χ2v) is 4.50. The molecule has 0 radical (unpaired) electrons. The second kappa shape index (κ2) is 4.30. The van der Waals surface area contributed by atoms with Crippen molar-refractivity contribution in [2.45, 2.75) is 38.1 Å². The highest BCUT2D eigenvalue weighted by molar-refractivity contribution is 5.71. The Kier molecular flexibility index (Phi) is 3.06. The summed E-state index contributed by atoms with van der Waals surface area (Å²) in [4.78, 5) is 11.0. The Balaban J connectivity index is 1.78. The van der Waals surface area contributed by atoms with Crippen molar-refractivity contribution in [1.82, 2.24) is 5.32 Å². The molecule has 0 heterocycles. The highest BCUT2D eigenvalue weighted by Crippen LogP contribution is 2.43. The molecule has 0 amide bonds. The van der Waals surface area contributed by atoms with Crippen molar-refractivity contribution in [3.8, 4) is 0 Å². The number of rotatable bonds is 3. The molecule has 3 unspecified atom stereocenters. The molecule has 2 rings (SSSR count). The van der Waals surface area contributed by atoms with Crippen molar-refractivity contribution in [2.24, 2.45) is 11.8 Å². The predicted molar refractivity (Wildman–Crippen MR) is 53.9 cm³/mol. The van der Waals surface area contributed by atoms with Gasteiger partial charge in [-0.3, -0.25) is 4.79 Å². The number of nitrogens with one attached hydrogen (secondary N) is 1. The molecule has 2 saturated carbocycles. The third-order valence-corrected chi connectivity index (χ3v) is 3.82. The van der Waals surface area contributed by atoms with E-state index in [2.05, 4.69) is 10.1 Å². The van der Waals surface area contributed by atoms with Gasteiger partial charge in [-0.05, 0) is 31.1 Å². The van der Waals surface area contributed by atoms with Crippen LogP contribution in [0.2, 0.25) is 0 Å². The molecule has 0 aromatic heterocycles. The number of ether oxygens (including phenoxy) is 1. The summed E-state index contributed by atoms with van der Waals surface area (Å²) in [7, 11) is 1.44. The molecule has 0 aliphatic heterocycles. The van der Waals surface area contributed by atoms with E-state index in [1.165, 1.54) is 39.2 Å². The number of fused-ring (bicyclic) bond motifs is 1. The third-order valence-electron chi connectivity index (χ3n) is 3.82. The molecule has 0 aromatic rings. The monoisotopic (exact) mass is 197 g/mol. The van der Waals surface area contributed by atoms with Crippen LogP contribution in [0.3, 0.4) is 0 Å². The maximum absolute atomic E-state index is 11.0. The Labute approximate surface area is 85.2 Å². The lowest BCUT2D eigenvalue weighted by atomic mass is 9.98. The Bertz CT molecular complexity index is 217. The van der Waals surface area contributed by atoms with E-state index in [9.17, 15) is 4.79 Å². The SMILES string of the molecule is COC(=O)CNC1CCC2CCCC21. The van der Waals surface area contributed by atoms with E-state index in [0.29, 0.717) is 12.6 Å². The quantitative estimate of drug-likeness (QED) is 0.694. The molecule has 0 saturated heterocycles. The molecule has 3 nitrogen and oxygen atoms in total. The van der Waals surface area contributed by atoms with Gasteiger partial charge in [0.2, 0.25) is 0 Å². The fourth-order valence-electron chi connectivity index (χ4n) is 3.10. The molecule has 14 heavy (non-hydrogen) atoms. The molecule has 2 fully saturated rings. The molecular formula is C11H19NO2. The summed E-state index contributed by atoms with van der Waals surface area (Å²) < 4.78 is 4.62. The number of hydrogen-bond donors (Lipinski definition) is 1. The Morgan fingerprint density at radius 3 is 3.00 bits per heavy atom. The number of carbonyl (C=O) groups is 1. The first-order valence-corrected chi connectivity index (χ1v) is 5.61. The van der Waals surface area contributed by atoms with Gasteiger partial charge in [-0.25, -0.2) is 0 Å². The molecule has 2 aliphatic rings. The molecule has 2 aliphatic carbocycles. The van der Waals surface area contributed by atoms with Crippen LogP contribution in [0.15, 0.2) is 0 Å². The van der Waals surface area contributed by atoms with E-state index in [0.717, 1.165) is 11.8 Å². The van der Waals surface area contributed by atoms with Crippen LogP contribution < -0.4 is 5.32 Å². The van der Waals surface area contributed by atoms with Crippen LogP contribution in [0.25, 0.3) is 0 Å². The summed E-state index contributed by atoms with van der Waals surface area (Å²) in [5, 5.41) is 3.33. The highest BCUT2D eigenvalue weighted by Gasteiger charge is 2.38. The van der Waals surface area contributed by atoms with Gasteiger partial charge >= 0.3 is 5.97 Å². The molecule has 3 atom stereocenters. The molecule has 0 spiro atoms. The van der Waals surface area contributed by atoms with Gasteiger partial charge in [0, 0.05) is 6.04 Å². The minimum atomic E-state index is -0.147. The fourth-order valence-corrected chi connectivity index (χ4v) is 3.10. The average Bonchev–Trinajstić information content (AvgIpc) is 2.76. The largest absolute Gasteiger partial charge is 0.468 e. The number of esters is 1. The van der Waals surface area contributed by atoms with Crippen molar-refractivity contribution in [3.63, 3.8) is 0 Å². The van der Waals surface area contributed by atoms with Gasteiger partial charge in [0.15, 0.2) is 0 Å². The Hall–Kier alpha value is -0.570. The van der Waals surface area contributed by atoms with E-state index in [-0.39, 0.29) is 5.97 Å². The van der Waals surface area contributed by atoms with E-state index in [4.69, 9.17) is 0 Å². The van der Waals surface area contributed by atoms with Crippen LogP contribution in [0.4, 0.5) is 0 Å². The predicted octanol–water partition coefficient (Wildman–Crippen LogP) is 1.33. The maximum atomic E-state index is 11.0. The van der Waals surface area contributed by atoms with Crippen LogP contribution in [0.1, 0.15) is 32.1 Å². The van der Waals surface area contributed by atoms with Crippen molar-refractivity contribution in [3.05, 3.63) is 0 Å². The first-order valence-electron chi connectivity index (χ1n) is 5.61. The van der Waals surface area contributed by atoms with Crippen molar-refractivity contribution < 1.29 is 9.53 Å². The first-order chi connectivity index (χ1) is 6.81. The summed E-state index contributed by atoms with van der Waals surface area (Å²) in [6.45, 7) is 0.379. The van der Waals surface area contributed by atoms with E-state index in [1.54, 1.807) is 0 Å². The lowest BCUT2D eigenvalue weighted by Gasteiger charge is -2.19. The normalized spacial score (nSPS) is 35.6. The standard InChI is InChI=1S/C11H19NO2/c1-14-11(13)7-12-10-6-5-8-3-2-4-9(8)10/h8-10,12H,2-7H2,1H3. The summed E-state index contributed by atoms with van der Waals surface area (Å²) in [6.07, 6.45) is 6.73. The smallest absolute Gasteiger partial charge is 0.319 e. The van der Waals surface area contributed by atoms with Crippen molar-refractivity contribution >= 4 is 5.97 Å². The van der Waals surface area contributed by atoms with Gasteiger partial charge in [-0.1, -0.05) is 12.8 Å². The van der Waals surface area contributed by atoms with Crippen molar-refractivity contribution in [1.29, 1.82) is 0 Å². The van der Waals surface area contributed by atoms with Gasteiger partial charge < -0.3 is 10.1 Å².